The molecule has 0 aliphatic carbocycles. The minimum Gasteiger partial charge on any atom is -0.480 e. The summed E-state index contributed by atoms with van der Waals surface area (Å²) in [7, 11) is 1.82. The van der Waals surface area contributed by atoms with Crippen LogP contribution in [0, 0.1) is 0 Å². The fraction of sp³-hybridized carbons (Fsp3) is 0.421. The molecule has 1 aliphatic heterocycles. The van der Waals surface area contributed by atoms with E-state index in [9.17, 15) is 9.59 Å². The molecule has 0 spiro atoms. The van der Waals surface area contributed by atoms with Crippen LogP contribution < -0.4 is 0 Å². The van der Waals surface area contributed by atoms with Crippen LogP contribution in [0.2, 0.25) is 5.02 Å². The van der Waals surface area contributed by atoms with Gasteiger partial charge >= 0.3 is 5.97 Å². The molecule has 1 unspecified atom stereocenters. The van der Waals surface area contributed by atoms with Crippen molar-refractivity contribution in [3.8, 4) is 11.3 Å². The van der Waals surface area contributed by atoms with E-state index in [0.29, 0.717) is 29.4 Å². The Kier molecular flexibility index (Phi) is 6.13. The van der Waals surface area contributed by atoms with Gasteiger partial charge in [-0.25, -0.2) is 0 Å². The summed E-state index contributed by atoms with van der Waals surface area (Å²) in [6.07, 6.45) is 4.02. The topological polar surface area (TPSA) is 89.5 Å². The zero-order chi connectivity index (χ0) is 19.4. The van der Waals surface area contributed by atoms with Crippen molar-refractivity contribution in [1.82, 2.24) is 20.0 Å². The second-order valence-corrected chi connectivity index (χ2v) is 7.29. The maximum Gasteiger partial charge on any atom is 0.317 e. The molecule has 1 fully saturated rings. The molecule has 1 atom stereocenters. The predicted molar refractivity (Wildman–Crippen MR) is 103 cm³/mol. The zero-order valence-corrected chi connectivity index (χ0v) is 15.9. The molecule has 1 aliphatic rings. The van der Waals surface area contributed by atoms with Crippen molar-refractivity contribution < 1.29 is 14.7 Å². The van der Waals surface area contributed by atoms with Gasteiger partial charge in [0.2, 0.25) is 0 Å². The number of carbonyl (C=O) groups is 2. The first-order valence-corrected chi connectivity index (χ1v) is 9.34. The van der Waals surface area contributed by atoms with Crippen LogP contribution in [0.1, 0.15) is 29.6 Å². The molecule has 1 aromatic heterocycles. The lowest BCUT2D eigenvalue weighted by Gasteiger charge is -2.25. The summed E-state index contributed by atoms with van der Waals surface area (Å²) in [6, 6.07) is 7.46. The largest absolute Gasteiger partial charge is 0.480 e. The molecule has 0 bridgehead atoms. The standard InChI is InChI=1S/C19H23ClN4O3/c1-23(12-17(25)26)15-6-3-8-24(9-7-15)19(27)16-11-21-22-18(16)13-4-2-5-14(20)10-13/h2,4-5,10-11,15H,3,6-9,12H2,1H3,(H,21,22)(H,25,26). The molecular formula is C19H23ClN4O3. The molecule has 0 radical (unpaired) electrons. The maximum absolute atomic E-state index is 13.1. The van der Waals surface area contributed by atoms with Gasteiger partial charge < -0.3 is 10.0 Å². The highest BCUT2D eigenvalue weighted by Crippen LogP contribution is 2.26. The average Bonchev–Trinajstić information content (AvgIpc) is 2.98. The van der Waals surface area contributed by atoms with Gasteiger partial charge in [0.15, 0.2) is 0 Å². The highest BCUT2D eigenvalue weighted by atomic mass is 35.5. The van der Waals surface area contributed by atoms with Gasteiger partial charge in [-0.1, -0.05) is 23.7 Å². The predicted octanol–water partition coefficient (Wildman–Crippen LogP) is 2.74. The molecule has 3 rings (SSSR count). The Morgan fingerprint density at radius 3 is 2.93 bits per heavy atom. The smallest absolute Gasteiger partial charge is 0.317 e. The number of aromatic amines is 1. The number of aromatic nitrogens is 2. The van der Waals surface area contributed by atoms with E-state index in [1.807, 2.05) is 29.0 Å². The first-order chi connectivity index (χ1) is 13.0. The molecule has 2 N–H and O–H groups in total. The molecule has 144 valence electrons. The monoisotopic (exact) mass is 390 g/mol. The number of H-pyrrole nitrogens is 1. The van der Waals surface area contributed by atoms with E-state index < -0.39 is 5.97 Å². The summed E-state index contributed by atoms with van der Waals surface area (Å²) in [6.45, 7) is 1.25. The first-order valence-electron chi connectivity index (χ1n) is 8.96. The van der Waals surface area contributed by atoms with E-state index in [1.54, 1.807) is 18.3 Å². The third-order valence-electron chi connectivity index (χ3n) is 4.98. The van der Waals surface area contributed by atoms with Crippen LogP contribution >= 0.6 is 11.6 Å². The number of halogens is 1. The average molecular weight is 391 g/mol. The number of amides is 1. The Morgan fingerprint density at radius 2 is 2.19 bits per heavy atom. The van der Waals surface area contributed by atoms with Crippen LogP contribution in [-0.2, 0) is 4.79 Å². The van der Waals surface area contributed by atoms with Gasteiger partial charge in [0.05, 0.1) is 24.0 Å². The van der Waals surface area contributed by atoms with Crippen LogP contribution in [0.15, 0.2) is 30.5 Å². The van der Waals surface area contributed by atoms with Crippen molar-refractivity contribution in [2.45, 2.75) is 25.3 Å². The van der Waals surface area contributed by atoms with E-state index in [4.69, 9.17) is 16.7 Å². The molecule has 1 aromatic carbocycles. The van der Waals surface area contributed by atoms with Crippen LogP contribution in [0.4, 0.5) is 0 Å². The fourth-order valence-electron chi connectivity index (χ4n) is 3.55. The number of aliphatic carboxylic acids is 1. The Bertz CT molecular complexity index is 823. The van der Waals surface area contributed by atoms with Gasteiger partial charge in [-0.3, -0.25) is 19.6 Å². The van der Waals surface area contributed by atoms with Gasteiger partial charge in [-0.05, 0) is 38.4 Å². The van der Waals surface area contributed by atoms with Gasteiger partial charge in [0.1, 0.15) is 0 Å². The third-order valence-corrected chi connectivity index (χ3v) is 5.21. The maximum atomic E-state index is 13.1. The lowest BCUT2D eigenvalue weighted by atomic mass is 10.1. The summed E-state index contributed by atoms with van der Waals surface area (Å²) in [5, 5.41) is 16.5. The molecule has 7 nitrogen and oxygen atoms in total. The van der Waals surface area contributed by atoms with Crippen LogP contribution in [0.3, 0.4) is 0 Å². The zero-order valence-electron chi connectivity index (χ0n) is 15.2. The quantitative estimate of drug-likeness (QED) is 0.819. The highest BCUT2D eigenvalue weighted by Gasteiger charge is 2.26. The highest BCUT2D eigenvalue weighted by molar-refractivity contribution is 6.30. The van der Waals surface area contributed by atoms with Crippen molar-refractivity contribution in [3.05, 3.63) is 41.0 Å². The van der Waals surface area contributed by atoms with E-state index in [2.05, 4.69) is 10.2 Å². The summed E-state index contributed by atoms with van der Waals surface area (Å²) in [4.78, 5) is 27.7. The summed E-state index contributed by atoms with van der Waals surface area (Å²) < 4.78 is 0. The molecule has 2 heterocycles. The second kappa shape index (κ2) is 8.54. The number of likely N-dealkylation sites (tertiary alicyclic amines) is 1. The van der Waals surface area contributed by atoms with E-state index in [0.717, 1.165) is 24.8 Å². The minimum absolute atomic E-state index is 0.0132. The van der Waals surface area contributed by atoms with Gasteiger partial charge in [0.25, 0.3) is 5.91 Å². The van der Waals surface area contributed by atoms with E-state index in [-0.39, 0.29) is 18.5 Å². The summed E-state index contributed by atoms with van der Waals surface area (Å²) in [5.41, 5.74) is 2.00. The number of carboxylic acid groups (broad SMARTS) is 1. The number of nitrogens with zero attached hydrogens (tertiary/aromatic N) is 3. The number of carbonyl (C=O) groups excluding carboxylic acids is 1. The van der Waals surface area contributed by atoms with Crippen LogP contribution in [-0.4, -0.2) is 69.7 Å². The van der Waals surface area contributed by atoms with E-state index >= 15 is 0 Å². The van der Waals surface area contributed by atoms with Crippen LogP contribution in [0.5, 0.6) is 0 Å². The summed E-state index contributed by atoms with van der Waals surface area (Å²) >= 11 is 6.07. The van der Waals surface area contributed by atoms with Crippen molar-refractivity contribution in [1.29, 1.82) is 0 Å². The number of carboxylic acids is 1. The van der Waals surface area contributed by atoms with Crippen molar-refractivity contribution >= 4 is 23.5 Å². The van der Waals surface area contributed by atoms with Gasteiger partial charge in [-0.15, -0.1) is 0 Å². The lowest BCUT2D eigenvalue weighted by molar-refractivity contribution is -0.138. The number of nitrogens with one attached hydrogen (secondary N) is 1. The van der Waals surface area contributed by atoms with Gasteiger partial charge in [-0.2, -0.15) is 5.10 Å². The Balaban J connectivity index is 1.72. The van der Waals surface area contributed by atoms with Gasteiger partial charge in [0, 0.05) is 29.7 Å². The second-order valence-electron chi connectivity index (χ2n) is 6.85. The number of benzene rings is 1. The minimum atomic E-state index is -0.834. The molecule has 8 heteroatoms. The number of hydrogen-bond donors (Lipinski definition) is 2. The van der Waals surface area contributed by atoms with Crippen molar-refractivity contribution in [3.63, 3.8) is 0 Å². The molecule has 0 saturated carbocycles. The van der Waals surface area contributed by atoms with Crippen molar-refractivity contribution in [2.24, 2.45) is 0 Å². The number of hydrogen-bond acceptors (Lipinski definition) is 4. The number of rotatable bonds is 5. The lowest BCUT2D eigenvalue weighted by Crippen LogP contribution is -2.37. The first kappa shape index (κ1) is 19.4. The fourth-order valence-corrected chi connectivity index (χ4v) is 3.74. The SMILES string of the molecule is CN(CC(=O)O)C1CCCN(C(=O)c2cn[nH]c2-c2cccc(Cl)c2)CC1. The molecular weight excluding hydrogens is 368 g/mol. The van der Waals surface area contributed by atoms with E-state index in [1.165, 1.54) is 0 Å². The summed E-state index contributed by atoms with van der Waals surface area (Å²) in [5.74, 6) is -0.903. The van der Waals surface area contributed by atoms with Crippen molar-refractivity contribution in [2.75, 3.05) is 26.7 Å². The third kappa shape index (κ3) is 4.67. The molecule has 2 aromatic rings. The Hall–Kier alpha value is -2.38. The molecule has 1 saturated heterocycles. The molecule has 27 heavy (non-hydrogen) atoms. The van der Waals surface area contributed by atoms with Crippen LogP contribution in [0.25, 0.3) is 11.3 Å². The Labute approximate surface area is 162 Å². The Morgan fingerprint density at radius 1 is 1.37 bits per heavy atom. The molecule has 1 amide bonds. The normalized spacial score (nSPS) is 17.7. The number of likely N-dealkylation sites (N-methyl/N-ethyl adjacent to an activating group) is 1.